The number of hydrogen-bond acceptors (Lipinski definition) is 4. The quantitative estimate of drug-likeness (QED) is 0.762. The van der Waals surface area contributed by atoms with Crippen LogP contribution in [0.4, 0.5) is 0 Å². The maximum absolute atomic E-state index is 9.17. The van der Waals surface area contributed by atoms with E-state index in [1.165, 1.54) is 0 Å². The van der Waals surface area contributed by atoms with Crippen molar-refractivity contribution in [1.82, 2.24) is 14.8 Å². The van der Waals surface area contributed by atoms with Gasteiger partial charge in [0.25, 0.3) is 0 Å². The number of hydrogen-bond donors (Lipinski definition) is 2. The van der Waals surface area contributed by atoms with E-state index >= 15 is 0 Å². The highest BCUT2D eigenvalue weighted by atomic mass is 16.3. The number of aromatic hydroxyl groups is 1. The fraction of sp³-hybridized carbons (Fsp3) is 0.200. The van der Waals surface area contributed by atoms with Crippen molar-refractivity contribution in [2.75, 3.05) is 6.54 Å². The van der Waals surface area contributed by atoms with Gasteiger partial charge in [-0.25, -0.2) is 0 Å². The second-order valence-corrected chi connectivity index (χ2v) is 3.17. The fourth-order valence-electron chi connectivity index (χ4n) is 1.39. The van der Waals surface area contributed by atoms with Crippen molar-refractivity contribution in [2.24, 2.45) is 5.73 Å². The lowest BCUT2D eigenvalue weighted by molar-refractivity contribution is 0.475. The van der Waals surface area contributed by atoms with Crippen molar-refractivity contribution < 1.29 is 5.11 Å². The summed E-state index contributed by atoms with van der Waals surface area (Å²) in [5.41, 5.74) is 6.39. The van der Waals surface area contributed by atoms with E-state index in [2.05, 4.69) is 10.2 Å². The summed E-state index contributed by atoms with van der Waals surface area (Å²) < 4.78 is 1.85. The van der Waals surface area contributed by atoms with Crippen molar-refractivity contribution in [3.8, 4) is 11.4 Å². The molecular formula is C10H12N4O. The maximum atomic E-state index is 9.17. The SMILES string of the molecule is NCCc1nncn1-c1ccc(O)cc1. The van der Waals surface area contributed by atoms with Crippen molar-refractivity contribution in [3.05, 3.63) is 36.4 Å². The molecule has 0 saturated heterocycles. The molecule has 0 fully saturated rings. The molecule has 78 valence electrons. The number of phenolic OH excluding ortho intramolecular Hbond substituents is 1. The Labute approximate surface area is 87.2 Å². The van der Waals surface area contributed by atoms with Gasteiger partial charge >= 0.3 is 0 Å². The first kappa shape index (κ1) is 9.67. The standard InChI is InChI=1S/C10H12N4O/c11-6-5-10-13-12-7-14(10)8-1-3-9(15)4-2-8/h1-4,7,15H,5-6,11H2. The third-order valence-electron chi connectivity index (χ3n) is 2.11. The van der Waals surface area contributed by atoms with Gasteiger partial charge < -0.3 is 10.8 Å². The average molecular weight is 204 g/mol. The molecule has 2 rings (SSSR count). The molecule has 1 aromatic carbocycles. The molecule has 0 amide bonds. The lowest BCUT2D eigenvalue weighted by Crippen LogP contribution is -2.08. The molecular weight excluding hydrogens is 192 g/mol. The zero-order valence-corrected chi connectivity index (χ0v) is 8.17. The highest BCUT2D eigenvalue weighted by Crippen LogP contribution is 2.14. The highest BCUT2D eigenvalue weighted by molar-refractivity contribution is 5.37. The molecule has 1 heterocycles. The number of nitrogens with zero attached hydrogens (tertiary/aromatic N) is 3. The average Bonchev–Trinajstić information content (AvgIpc) is 2.68. The third kappa shape index (κ3) is 1.97. The van der Waals surface area contributed by atoms with Gasteiger partial charge in [0.05, 0.1) is 0 Å². The van der Waals surface area contributed by atoms with E-state index < -0.39 is 0 Å². The van der Waals surface area contributed by atoms with E-state index in [0.717, 1.165) is 11.5 Å². The molecule has 5 heteroatoms. The lowest BCUT2D eigenvalue weighted by atomic mass is 10.3. The normalized spacial score (nSPS) is 10.5. The van der Waals surface area contributed by atoms with Crippen molar-refractivity contribution in [2.45, 2.75) is 6.42 Å². The van der Waals surface area contributed by atoms with Gasteiger partial charge in [-0.3, -0.25) is 4.57 Å². The van der Waals surface area contributed by atoms with Crippen molar-refractivity contribution >= 4 is 0 Å². The topological polar surface area (TPSA) is 77.0 Å². The molecule has 0 aliphatic heterocycles. The summed E-state index contributed by atoms with van der Waals surface area (Å²) >= 11 is 0. The minimum atomic E-state index is 0.243. The summed E-state index contributed by atoms with van der Waals surface area (Å²) in [5, 5.41) is 17.0. The minimum absolute atomic E-state index is 0.243. The Hall–Kier alpha value is -1.88. The van der Waals surface area contributed by atoms with E-state index in [-0.39, 0.29) is 5.75 Å². The first-order valence-electron chi connectivity index (χ1n) is 4.69. The van der Waals surface area contributed by atoms with Crippen LogP contribution in [0.3, 0.4) is 0 Å². The Morgan fingerprint density at radius 2 is 2.00 bits per heavy atom. The molecule has 0 aliphatic rings. The summed E-state index contributed by atoms with van der Waals surface area (Å²) in [6.45, 7) is 0.538. The molecule has 0 radical (unpaired) electrons. The molecule has 3 N–H and O–H groups in total. The van der Waals surface area contributed by atoms with E-state index in [1.54, 1.807) is 30.6 Å². The first-order chi connectivity index (χ1) is 7.31. The molecule has 0 aliphatic carbocycles. The Morgan fingerprint density at radius 3 is 2.67 bits per heavy atom. The Kier molecular flexibility index (Phi) is 2.64. The van der Waals surface area contributed by atoms with E-state index in [4.69, 9.17) is 10.8 Å². The van der Waals surface area contributed by atoms with Gasteiger partial charge in [-0.05, 0) is 30.8 Å². The highest BCUT2D eigenvalue weighted by Gasteiger charge is 2.04. The minimum Gasteiger partial charge on any atom is -0.508 e. The maximum Gasteiger partial charge on any atom is 0.138 e. The summed E-state index contributed by atoms with van der Waals surface area (Å²) in [6, 6.07) is 6.86. The van der Waals surface area contributed by atoms with Crippen LogP contribution >= 0.6 is 0 Å². The van der Waals surface area contributed by atoms with Gasteiger partial charge in [-0.15, -0.1) is 10.2 Å². The zero-order valence-electron chi connectivity index (χ0n) is 8.17. The van der Waals surface area contributed by atoms with Gasteiger partial charge in [-0.1, -0.05) is 0 Å². The molecule has 2 aromatic rings. The second-order valence-electron chi connectivity index (χ2n) is 3.17. The number of aromatic nitrogens is 3. The molecule has 15 heavy (non-hydrogen) atoms. The largest absolute Gasteiger partial charge is 0.508 e. The second kappa shape index (κ2) is 4.10. The number of phenols is 1. The van der Waals surface area contributed by atoms with Crippen LogP contribution in [-0.2, 0) is 6.42 Å². The number of rotatable bonds is 3. The van der Waals surface area contributed by atoms with Gasteiger partial charge in [0, 0.05) is 12.1 Å². The van der Waals surface area contributed by atoms with Crippen molar-refractivity contribution in [3.63, 3.8) is 0 Å². The van der Waals surface area contributed by atoms with E-state index in [0.29, 0.717) is 13.0 Å². The summed E-state index contributed by atoms with van der Waals surface area (Å²) in [6.07, 6.45) is 2.32. The van der Waals surface area contributed by atoms with Gasteiger partial charge in [-0.2, -0.15) is 0 Å². The molecule has 0 spiro atoms. The van der Waals surface area contributed by atoms with Crippen LogP contribution in [0.5, 0.6) is 5.75 Å². The third-order valence-corrected chi connectivity index (χ3v) is 2.11. The van der Waals surface area contributed by atoms with Crippen LogP contribution in [0.15, 0.2) is 30.6 Å². The summed E-state index contributed by atoms with van der Waals surface area (Å²) in [5.74, 6) is 1.07. The van der Waals surface area contributed by atoms with Crippen LogP contribution in [0, 0.1) is 0 Å². The van der Waals surface area contributed by atoms with Crippen LogP contribution < -0.4 is 5.73 Å². The molecule has 0 atom stereocenters. The predicted octanol–water partition coefficient (Wildman–Crippen LogP) is 0.474. The molecule has 0 saturated carbocycles. The Morgan fingerprint density at radius 1 is 1.27 bits per heavy atom. The molecule has 1 aromatic heterocycles. The van der Waals surface area contributed by atoms with Crippen LogP contribution in [0.25, 0.3) is 5.69 Å². The number of benzene rings is 1. The predicted molar refractivity (Wildman–Crippen MR) is 55.8 cm³/mol. The molecule has 0 unspecified atom stereocenters. The van der Waals surface area contributed by atoms with Crippen LogP contribution in [-0.4, -0.2) is 26.4 Å². The van der Waals surface area contributed by atoms with Crippen LogP contribution in [0.1, 0.15) is 5.82 Å². The van der Waals surface area contributed by atoms with Crippen LogP contribution in [0.2, 0.25) is 0 Å². The summed E-state index contributed by atoms with van der Waals surface area (Å²) in [7, 11) is 0. The fourth-order valence-corrected chi connectivity index (χ4v) is 1.39. The summed E-state index contributed by atoms with van der Waals surface area (Å²) in [4.78, 5) is 0. The first-order valence-corrected chi connectivity index (χ1v) is 4.69. The number of nitrogens with two attached hydrogens (primary N) is 1. The lowest BCUT2D eigenvalue weighted by Gasteiger charge is -2.05. The van der Waals surface area contributed by atoms with E-state index in [9.17, 15) is 0 Å². The molecule has 0 bridgehead atoms. The molecule has 5 nitrogen and oxygen atoms in total. The Bertz CT molecular complexity index is 435. The Balaban J connectivity index is 2.36. The van der Waals surface area contributed by atoms with Gasteiger partial charge in [0.15, 0.2) is 0 Å². The monoisotopic (exact) mass is 204 g/mol. The zero-order chi connectivity index (χ0) is 10.7. The van der Waals surface area contributed by atoms with Crippen molar-refractivity contribution in [1.29, 1.82) is 0 Å². The van der Waals surface area contributed by atoms with Gasteiger partial charge in [0.1, 0.15) is 17.9 Å². The van der Waals surface area contributed by atoms with E-state index in [1.807, 2.05) is 4.57 Å². The van der Waals surface area contributed by atoms with Gasteiger partial charge in [0.2, 0.25) is 0 Å². The smallest absolute Gasteiger partial charge is 0.138 e.